The summed E-state index contributed by atoms with van der Waals surface area (Å²) in [4.78, 5) is 0. The molecular weight excluding hydrogens is 158 g/mol. The third-order valence-corrected chi connectivity index (χ3v) is 2.68. The van der Waals surface area contributed by atoms with E-state index in [4.69, 9.17) is 0 Å². The van der Waals surface area contributed by atoms with Gasteiger partial charge in [-0.2, -0.15) is 0 Å². The predicted molar refractivity (Wildman–Crippen MR) is 58.1 cm³/mol. The number of hydrogen-bond acceptors (Lipinski definition) is 1. The summed E-state index contributed by atoms with van der Waals surface area (Å²) in [6.45, 7) is 5.39. The van der Waals surface area contributed by atoms with Crippen molar-refractivity contribution >= 4 is 11.8 Å². The Labute approximate surface area is 79.5 Å². The fourth-order valence-electron chi connectivity index (χ4n) is 1.70. The van der Waals surface area contributed by atoms with Crippen molar-refractivity contribution in [1.29, 1.82) is 0 Å². The first kappa shape index (κ1) is 8.36. The van der Waals surface area contributed by atoms with Gasteiger partial charge in [-0.15, -0.1) is 0 Å². The van der Waals surface area contributed by atoms with Crippen LogP contribution in [0.3, 0.4) is 0 Å². The van der Waals surface area contributed by atoms with E-state index in [1.54, 1.807) is 0 Å². The lowest BCUT2D eigenvalue weighted by atomic mass is 10.0. The highest BCUT2D eigenvalue weighted by Crippen LogP contribution is 2.26. The fourth-order valence-corrected chi connectivity index (χ4v) is 1.70. The molecule has 0 bridgehead atoms. The van der Waals surface area contributed by atoms with Crippen LogP contribution < -0.4 is 5.32 Å². The molecule has 0 aliphatic carbocycles. The van der Waals surface area contributed by atoms with E-state index in [0.29, 0.717) is 0 Å². The van der Waals surface area contributed by atoms with Crippen molar-refractivity contribution in [3.05, 3.63) is 34.9 Å². The molecule has 1 nitrogen and oxygen atoms in total. The Bertz CT molecular complexity index is 350. The van der Waals surface area contributed by atoms with E-state index in [0.717, 1.165) is 13.0 Å². The molecule has 1 aromatic carbocycles. The molecule has 0 fully saturated rings. The maximum absolute atomic E-state index is 3.47. The summed E-state index contributed by atoms with van der Waals surface area (Å²) in [5.41, 5.74) is 5.37. The molecule has 0 unspecified atom stereocenters. The van der Waals surface area contributed by atoms with Crippen LogP contribution in [0, 0.1) is 13.8 Å². The van der Waals surface area contributed by atoms with Crippen molar-refractivity contribution in [3.8, 4) is 0 Å². The Hall–Kier alpha value is -1.24. The number of rotatable bonds is 0. The minimum atomic E-state index is 1.05. The van der Waals surface area contributed by atoms with Crippen LogP contribution in [0.4, 0.5) is 5.69 Å². The minimum absolute atomic E-state index is 1.05. The first-order chi connectivity index (χ1) is 6.29. The quantitative estimate of drug-likeness (QED) is 0.635. The molecule has 2 rings (SSSR count). The Kier molecular flexibility index (Phi) is 2.09. The van der Waals surface area contributed by atoms with Crippen molar-refractivity contribution in [2.45, 2.75) is 20.3 Å². The molecule has 1 N–H and O–H groups in total. The Morgan fingerprint density at radius 2 is 2.08 bits per heavy atom. The molecule has 0 radical (unpaired) electrons. The largest absolute Gasteiger partial charge is 0.384 e. The van der Waals surface area contributed by atoms with Gasteiger partial charge in [0.15, 0.2) is 0 Å². The zero-order valence-electron chi connectivity index (χ0n) is 8.22. The number of anilines is 1. The highest BCUT2D eigenvalue weighted by atomic mass is 14.9. The summed E-state index contributed by atoms with van der Waals surface area (Å²) in [5, 5.41) is 3.47. The lowest BCUT2D eigenvalue weighted by Crippen LogP contribution is -2.02. The lowest BCUT2D eigenvalue weighted by Gasteiger charge is -2.12. The first-order valence-electron chi connectivity index (χ1n) is 4.79. The minimum Gasteiger partial charge on any atom is -0.384 e. The highest BCUT2D eigenvalue weighted by molar-refractivity contribution is 5.72. The molecule has 13 heavy (non-hydrogen) atoms. The van der Waals surface area contributed by atoms with E-state index in [2.05, 4.69) is 43.4 Å². The molecule has 0 amide bonds. The summed E-state index contributed by atoms with van der Waals surface area (Å²) in [5.74, 6) is 0. The van der Waals surface area contributed by atoms with Gasteiger partial charge in [-0.05, 0) is 37.0 Å². The third-order valence-electron chi connectivity index (χ3n) is 2.68. The van der Waals surface area contributed by atoms with Crippen LogP contribution in [0.15, 0.2) is 18.2 Å². The first-order valence-corrected chi connectivity index (χ1v) is 4.79. The molecular formula is C12H15N. The number of nitrogens with one attached hydrogen (secondary N) is 1. The summed E-state index contributed by atoms with van der Waals surface area (Å²) in [7, 11) is 0. The van der Waals surface area contributed by atoms with Crippen LogP contribution in [-0.4, -0.2) is 6.54 Å². The van der Waals surface area contributed by atoms with Crippen LogP contribution in [-0.2, 0) is 0 Å². The molecule has 1 aromatic rings. The standard InChI is InChI=1S/C12H15N/c1-9-6-7-11-5-3-4-8-13-12(11)10(9)2/h3,5-7,13H,4,8H2,1-2H3. The van der Waals surface area contributed by atoms with E-state index in [1.165, 1.54) is 22.4 Å². The molecule has 0 atom stereocenters. The molecule has 1 aliphatic rings. The number of aryl methyl sites for hydroxylation is 1. The maximum atomic E-state index is 3.47. The smallest absolute Gasteiger partial charge is 0.0446 e. The molecule has 1 heterocycles. The Morgan fingerprint density at radius 1 is 1.23 bits per heavy atom. The Balaban J connectivity index is 2.57. The topological polar surface area (TPSA) is 12.0 Å². The number of benzene rings is 1. The van der Waals surface area contributed by atoms with Gasteiger partial charge in [0.2, 0.25) is 0 Å². The third kappa shape index (κ3) is 1.46. The second-order valence-corrected chi connectivity index (χ2v) is 3.59. The zero-order chi connectivity index (χ0) is 9.26. The van der Waals surface area contributed by atoms with Crippen molar-refractivity contribution < 1.29 is 0 Å². The van der Waals surface area contributed by atoms with Crippen LogP contribution in [0.5, 0.6) is 0 Å². The van der Waals surface area contributed by atoms with Gasteiger partial charge in [0.1, 0.15) is 0 Å². The molecule has 0 aromatic heterocycles. The van der Waals surface area contributed by atoms with E-state index in [9.17, 15) is 0 Å². The van der Waals surface area contributed by atoms with E-state index in [1.807, 2.05) is 0 Å². The molecule has 0 saturated carbocycles. The zero-order valence-corrected chi connectivity index (χ0v) is 8.22. The normalized spacial score (nSPS) is 14.6. The second-order valence-electron chi connectivity index (χ2n) is 3.59. The van der Waals surface area contributed by atoms with E-state index >= 15 is 0 Å². The maximum Gasteiger partial charge on any atom is 0.0446 e. The summed E-state index contributed by atoms with van der Waals surface area (Å²) in [6.07, 6.45) is 5.56. The summed E-state index contributed by atoms with van der Waals surface area (Å²) in [6, 6.07) is 4.37. The highest BCUT2D eigenvalue weighted by Gasteiger charge is 2.06. The molecule has 68 valence electrons. The van der Waals surface area contributed by atoms with Gasteiger partial charge in [0.25, 0.3) is 0 Å². The van der Waals surface area contributed by atoms with Crippen molar-refractivity contribution in [3.63, 3.8) is 0 Å². The number of hydrogen-bond donors (Lipinski definition) is 1. The monoisotopic (exact) mass is 173 g/mol. The van der Waals surface area contributed by atoms with Gasteiger partial charge in [-0.3, -0.25) is 0 Å². The average molecular weight is 173 g/mol. The van der Waals surface area contributed by atoms with Gasteiger partial charge in [-0.25, -0.2) is 0 Å². The van der Waals surface area contributed by atoms with Gasteiger partial charge < -0.3 is 5.32 Å². The van der Waals surface area contributed by atoms with Gasteiger partial charge in [-0.1, -0.05) is 24.3 Å². The van der Waals surface area contributed by atoms with Crippen molar-refractivity contribution in [2.24, 2.45) is 0 Å². The van der Waals surface area contributed by atoms with Gasteiger partial charge in [0.05, 0.1) is 0 Å². The average Bonchev–Trinajstić information content (AvgIpc) is 2.36. The SMILES string of the molecule is Cc1ccc2c(c1C)NCCC=C2. The van der Waals surface area contributed by atoms with Gasteiger partial charge >= 0.3 is 0 Å². The van der Waals surface area contributed by atoms with Crippen LogP contribution in [0.25, 0.3) is 6.08 Å². The molecule has 1 aliphatic heterocycles. The van der Waals surface area contributed by atoms with E-state index < -0.39 is 0 Å². The van der Waals surface area contributed by atoms with Crippen LogP contribution in [0.2, 0.25) is 0 Å². The molecule has 0 saturated heterocycles. The van der Waals surface area contributed by atoms with E-state index in [-0.39, 0.29) is 0 Å². The summed E-state index contributed by atoms with van der Waals surface area (Å²) >= 11 is 0. The van der Waals surface area contributed by atoms with Gasteiger partial charge in [0, 0.05) is 12.2 Å². The van der Waals surface area contributed by atoms with Crippen LogP contribution in [0.1, 0.15) is 23.1 Å². The van der Waals surface area contributed by atoms with Crippen molar-refractivity contribution in [1.82, 2.24) is 0 Å². The Morgan fingerprint density at radius 3 is 2.92 bits per heavy atom. The number of fused-ring (bicyclic) bond motifs is 1. The predicted octanol–water partition coefficient (Wildman–Crippen LogP) is 3.13. The summed E-state index contributed by atoms with van der Waals surface area (Å²) < 4.78 is 0. The molecule has 1 heteroatoms. The van der Waals surface area contributed by atoms with Crippen LogP contribution >= 0.6 is 0 Å². The lowest BCUT2D eigenvalue weighted by molar-refractivity contribution is 1.07. The van der Waals surface area contributed by atoms with Crippen molar-refractivity contribution in [2.75, 3.05) is 11.9 Å². The molecule has 0 spiro atoms. The fraction of sp³-hybridized carbons (Fsp3) is 0.333. The second kappa shape index (κ2) is 3.25.